The number of nitrogens with one attached hydrogen (secondary N) is 2. The predicted molar refractivity (Wildman–Crippen MR) is 95.6 cm³/mol. The molecule has 1 aromatic rings. The Hall–Kier alpha value is -1.50. The molecule has 1 aliphatic carbocycles. The summed E-state index contributed by atoms with van der Waals surface area (Å²) in [7, 11) is 1.87. The van der Waals surface area contributed by atoms with Crippen molar-refractivity contribution in [3.63, 3.8) is 0 Å². The van der Waals surface area contributed by atoms with Crippen molar-refractivity contribution in [1.29, 1.82) is 0 Å². The van der Waals surface area contributed by atoms with Crippen molar-refractivity contribution in [3.8, 4) is 0 Å². The SMILES string of the molecule is CCCNC(=O)[C@@H]1CCCC[C@@H]1C(=O)Nc1c2c(nn1C)CSC2. The molecule has 2 amide bonds. The third kappa shape index (κ3) is 3.45. The fraction of sp³-hybridized carbons (Fsp3) is 0.706. The second-order valence-corrected chi connectivity index (χ2v) is 7.65. The summed E-state index contributed by atoms with van der Waals surface area (Å²) in [6, 6.07) is 0. The molecule has 132 valence electrons. The first-order chi connectivity index (χ1) is 11.6. The van der Waals surface area contributed by atoms with Crippen molar-refractivity contribution in [1.82, 2.24) is 15.1 Å². The van der Waals surface area contributed by atoms with Gasteiger partial charge in [0.1, 0.15) is 5.82 Å². The molecule has 6 nitrogen and oxygen atoms in total. The summed E-state index contributed by atoms with van der Waals surface area (Å²) in [4.78, 5) is 25.3. The Balaban J connectivity index is 1.71. The molecule has 1 aromatic heterocycles. The average molecular weight is 350 g/mol. The summed E-state index contributed by atoms with van der Waals surface area (Å²) in [5.41, 5.74) is 2.21. The topological polar surface area (TPSA) is 76.0 Å². The van der Waals surface area contributed by atoms with Crippen molar-refractivity contribution in [2.75, 3.05) is 11.9 Å². The van der Waals surface area contributed by atoms with Gasteiger partial charge in [0, 0.05) is 42.5 Å². The number of amides is 2. The quantitative estimate of drug-likeness (QED) is 0.855. The van der Waals surface area contributed by atoms with Gasteiger partial charge in [-0.2, -0.15) is 16.9 Å². The Labute approximate surface area is 147 Å². The Morgan fingerprint density at radius 1 is 1.21 bits per heavy atom. The van der Waals surface area contributed by atoms with Gasteiger partial charge in [-0.3, -0.25) is 14.3 Å². The van der Waals surface area contributed by atoms with Gasteiger partial charge < -0.3 is 10.6 Å². The molecule has 0 spiro atoms. The predicted octanol–water partition coefficient (Wildman–Crippen LogP) is 2.44. The molecular formula is C17H26N4O2S. The maximum Gasteiger partial charge on any atom is 0.229 e. The van der Waals surface area contributed by atoms with Gasteiger partial charge in [0.25, 0.3) is 0 Å². The maximum absolute atomic E-state index is 12.9. The van der Waals surface area contributed by atoms with E-state index in [-0.39, 0.29) is 23.7 Å². The molecule has 2 aliphatic rings. The van der Waals surface area contributed by atoms with E-state index in [2.05, 4.69) is 15.7 Å². The molecule has 2 atom stereocenters. The summed E-state index contributed by atoms with van der Waals surface area (Å²) in [5, 5.41) is 10.5. The Morgan fingerprint density at radius 3 is 2.62 bits per heavy atom. The van der Waals surface area contributed by atoms with Crippen molar-refractivity contribution < 1.29 is 9.59 Å². The molecule has 0 radical (unpaired) electrons. The van der Waals surface area contributed by atoms with Crippen LogP contribution < -0.4 is 10.6 Å². The molecule has 7 heteroatoms. The lowest BCUT2D eigenvalue weighted by atomic mass is 9.78. The largest absolute Gasteiger partial charge is 0.356 e. The normalized spacial score (nSPS) is 22.9. The molecule has 0 aromatic carbocycles. The monoisotopic (exact) mass is 350 g/mol. The second-order valence-electron chi connectivity index (χ2n) is 6.67. The van der Waals surface area contributed by atoms with E-state index in [1.807, 2.05) is 25.7 Å². The van der Waals surface area contributed by atoms with E-state index in [0.717, 1.165) is 60.7 Å². The summed E-state index contributed by atoms with van der Waals surface area (Å²) in [6.07, 6.45) is 4.52. The standard InChI is InChI=1S/C17H26N4O2S/c1-3-8-18-16(22)11-6-4-5-7-12(11)17(23)19-15-13-9-24-10-14(13)20-21(15)2/h11-12H,3-10H2,1-2H3,(H,18,22)(H,19,23)/t11-,12+/m1/s1. The Morgan fingerprint density at radius 2 is 1.92 bits per heavy atom. The summed E-state index contributed by atoms with van der Waals surface area (Å²) in [6.45, 7) is 2.71. The minimum Gasteiger partial charge on any atom is -0.356 e. The van der Waals surface area contributed by atoms with Crippen molar-refractivity contribution >= 4 is 29.4 Å². The number of fused-ring (bicyclic) bond motifs is 1. The number of carbonyl (C=O) groups is 2. The summed E-state index contributed by atoms with van der Waals surface area (Å²) >= 11 is 1.82. The van der Waals surface area contributed by atoms with Gasteiger partial charge in [0.2, 0.25) is 11.8 Å². The van der Waals surface area contributed by atoms with Crippen molar-refractivity contribution in [2.45, 2.75) is 50.5 Å². The number of carbonyl (C=O) groups excluding carboxylic acids is 2. The molecular weight excluding hydrogens is 324 g/mol. The number of nitrogens with zero attached hydrogens (tertiary/aromatic N) is 2. The molecule has 0 unspecified atom stereocenters. The number of rotatable bonds is 5. The number of aromatic nitrogens is 2. The van der Waals surface area contributed by atoms with Gasteiger partial charge >= 0.3 is 0 Å². The second kappa shape index (κ2) is 7.59. The van der Waals surface area contributed by atoms with Crippen LogP contribution in [-0.4, -0.2) is 28.1 Å². The molecule has 0 bridgehead atoms. The number of aryl methyl sites for hydroxylation is 1. The lowest BCUT2D eigenvalue weighted by Gasteiger charge is -2.29. The van der Waals surface area contributed by atoms with E-state index in [1.54, 1.807) is 4.68 Å². The van der Waals surface area contributed by atoms with E-state index < -0.39 is 0 Å². The van der Waals surface area contributed by atoms with Gasteiger partial charge in [0.15, 0.2) is 0 Å². The minimum atomic E-state index is -0.241. The molecule has 0 saturated heterocycles. The smallest absolute Gasteiger partial charge is 0.229 e. The molecule has 1 saturated carbocycles. The van der Waals surface area contributed by atoms with Crippen LogP contribution >= 0.6 is 11.8 Å². The van der Waals surface area contributed by atoms with E-state index in [4.69, 9.17) is 0 Å². The first-order valence-electron chi connectivity index (χ1n) is 8.82. The van der Waals surface area contributed by atoms with Gasteiger partial charge in [-0.1, -0.05) is 19.8 Å². The molecule has 3 rings (SSSR count). The number of hydrogen-bond acceptors (Lipinski definition) is 4. The van der Waals surface area contributed by atoms with Crippen LogP contribution in [0.2, 0.25) is 0 Å². The Kier molecular flexibility index (Phi) is 5.48. The Bertz CT molecular complexity index is 628. The summed E-state index contributed by atoms with van der Waals surface area (Å²) in [5.74, 6) is 2.15. The van der Waals surface area contributed by atoms with Crippen LogP contribution in [0.1, 0.15) is 50.3 Å². The highest BCUT2D eigenvalue weighted by atomic mass is 32.2. The van der Waals surface area contributed by atoms with Gasteiger partial charge in [-0.15, -0.1) is 0 Å². The molecule has 1 fully saturated rings. The number of anilines is 1. The van der Waals surface area contributed by atoms with Crippen molar-refractivity contribution in [3.05, 3.63) is 11.3 Å². The first kappa shape index (κ1) is 17.3. The highest BCUT2D eigenvalue weighted by Crippen LogP contribution is 2.36. The fourth-order valence-corrected chi connectivity index (χ4v) is 4.68. The van der Waals surface area contributed by atoms with Crippen LogP contribution in [0.25, 0.3) is 0 Å². The molecule has 2 N–H and O–H groups in total. The van der Waals surface area contributed by atoms with Crippen LogP contribution in [-0.2, 0) is 28.1 Å². The van der Waals surface area contributed by atoms with E-state index in [9.17, 15) is 9.59 Å². The zero-order chi connectivity index (χ0) is 17.1. The zero-order valence-electron chi connectivity index (χ0n) is 14.4. The summed E-state index contributed by atoms with van der Waals surface area (Å²) < 4.78 is 1.76. The van der Waals surface area contributed by atoms with Gasteiger partial charge in [0.05, 0.1) is 5.69 Å². The zero-order valence-corrected chi connectivity index (χ0v) is 15.2. The highest BCUT2D eigenvalue weighted by Gasteiger charge is 2.36. The average Bonchev–Trinajstić information content (AvgIpc) is 3.15. The van der Waals surface area contributed by atoms with Crippen LogP contribution in [0.15, 0.2) is 0 Å². The lowest BCUT2D eigenvalue weighted by Crippen LogP contribution is -2.42. The van der Waals surface area contributed by atoms with E-state index in [0.29, 0.717) is 6.54 Å². The van der Waals surface area contributed by atoms with Crippen LogP contribution in [0.3, 0.4) is 0 Å². The molecule has 24 heavy (non-hydrogen) atoms. The van der Waals surface area contributed by atoms with Crippen LogP contribution in [0.4, 0.5) is 5.82 Å². The third-order valence-corrected chi connectivity index (χ3v) is 5.91. The van der Waals surface area contributed by atoms with E-state index in [1.165, 1.54) is 0 Å². The molecule has 2 heterocycles. The number of thioether (sulfide) groups is 1. The third-order valence-electron chi connectivity index (χ3n) is 4.94. The van der Waals surface area contributed by atoms with Crippen molar-refractivity contribution in [2.24, 2.45) is 18.9 Å². The van der Waals surface area contributed by atoms with Crippen LogP contribution in [0, 0.1) is 11.8 Å². The lowest BCUT2D eigenvalue weighted by molar-refractivity contribution is -0.134. The highest BCUT2D eigenvalue weighted by molar-refractivity contribution is 7.98. The maximum atomic E-state index is 12.9. The fourth-order valence-electron chi connectivity index (χ4n) is 3.64. The number of hydrogen-bond donors (Lipinski definition) is 2. The van der Waals surface area contributed by atoms with Crippen LogP contribution in [0.5, 0.6) is 0 Å². The minimum absolute atomic E-state index is 0.0301. The van der Waals surface area contributed by atoms with Gasteiger partial charge in [-0.25, -0.2) is 0 Å². The first-order valence-corrected chi connectivity index (χ1v) is 9.98. The van der Waals surface area contributed by atoms with Gasteiger partial charge in [-0.05, 0) is 19.3 Å². The molecule has 1 aliphatic heterocycles. The van der Waals surface area contributed by atoms with E-state index >= 15 is 0 Å².